The first-order valence-corrected chi connectivity index (χ1v) is 7.33. The van der Waals surface area contributed by atoms with Crippen molar-refractivity contribution in [3.05, 3.63) is 11.9 Å². The Morgan fingerprint density at radius 2 is 2.00 bits per heavy atom. The third-order valence-electron chi connectivity index (χ3n) is 4.27. The van der Waals surface area contributed by atoms with Crippen LogP contribution in [0.3, 0.4) is 0 Å². The average molecular weight is 279 g/mol. The van der Waals surface area contributed by atoms with E-state index in [0.29, 0.717) is 11.8 Å². The van der Waals surface area contributed by atoms with Crippen LogP contribution >= 0.6 is 0 Å². The van der Waals surface area contributed by atoms with E-state index in [1.54, 1.807) is 20.4 Å². The lowest BCUT2D eigenvalue weighted by molar-refractivity contribution is 0.214. The lowest BCUT2D eigenvalue weighted by Crippen LogP contribution is -2.35. The van der Waals surface area contributed by atoms with Crippen molar-refractivity contribution in [1.82, 2.24) is 15.3 Å². The molecule has 5 heteroatoms. The Labute approximate surface area is 121 Å². The van der Waals surface area contributed by atoms with Crippen molar-refractivity contribution in [2.24, 2.45) is 5.41 Å². The van der Waals surface area contributed by atoms with Crippen LogP contribution in [0.15, 0.2) is 6.20 Å². The van der Waals surface area contributed by atoms with Crippen LogP contribution in [-0.4, -0.2) is 30.7 Å². The molecule has 1 saturated carbocycles. The molecule has 2 rings (SSSR count). The number of ether oxygens (including phenoxy) is 2. The quantitative estimate of drug-likeness (QED) is 0.867. The summed E-state index contributed by atoms with van der Waals surface area (Å²) < 4.78 is 10.6. The second-order valence-corrected chi connectivity index (χ2v) is 5.66. The summed E-state index contributed by atoms with van der Waals surface area (Å²) in [6.07, 6.45) is 6.65. The number of rotatable bonds is 6. The third-order valence-corrected chi connectivity index (χ3v) is 4.27. The molecule has 0 aromatic carbocycles. The van der Waals surface area contributed by atoms with E-state index in [4.69, 9.17) is 9.47 Å². The van der Waals surface area contributed by atoms with Crippen molar-refractivity contribution in [2.45, 2.75) is 45.6 Å². The van der Waals surface area contributed by atoms with E-state index in [0.717, 1.165) is 12.2 Å². The van der Waals surface area contributed by atoms with Gasteiger partial charge in [0.25, 0.3) is 0 Å². The average Bonchev–Trinajstić information content (AvgIpc) is 2.92. The summed E-state index contributed by atoms with van der Waals surface area (Å²) in [5.41, 5.74) is 1.10. The number of nitrogens with one attached hydrogen (secondary N) is 1. The molecule has 0 amide bonds. The van der Waals surface area contributed by atoms with Gasteiger partial charge in [-0.25, -0.2) is 4.98 Å². The molecule has 1 heterocycles. The van der Waals surface area contributed by atoms with Crippen molar-refractivity contribution < 1.29 is 9.47 Å². The first-order chi connectivity index (χ1) is 9.64. The van der Waals surface area contributed by atoms with Crippen molar-refractivity contribution in [1.29, 1.82) is 0 Å². The van der Waals surface area contributed by atoms with Gasteiger partial charge in [0.1, 0.15) is 5.69 Å². The fourth-order valence-corrected chi connectivity index (χ4v) is 3.16. The number of aromatic nitrogens is 2. The highest BCUT2D eigenvalue weighted by molar-refractivity contribution is 5.27. The molecule has 1 fully saturated rings. The van der Waals surface area contributed by atoms with Crippen LogP contribution in [0.2, 0.25) is 0 Å². The van der Waals surface area contributed by atoms with Crippen LogP contribution in [0, 0.1) is 5.41 Å². The predicted molar refractivity (Wildman–Crippen MR) is 78.1 cm³/mol. The van der Waals surface area contributed by atoms with Crippen LogP contribution in [0.1, 0.15) is 51.3 Å². The monoisotopic (exact) mass is 279 g/mol. The van der Waals surface area contributed by atoms with Gasteiger partial charge < -0.3 is 14.8 Å². The minimum atomic E-state index is 0.170. The molecule has 1 aromatic rings. The molecule has 0 aliphatic heterocycles. The van der Waals surface area contributed by atoms with Gasteiger partial charge in [0.15, 0.2) is 0 Å². The van der Waals surface area contributed by atoms with Crippen LogP contribution in [0.5, 0.6) is 11.8 Å². The van der Waals surface area contributed by atoms with Gasteiger partial charge in [0.05, 0.1) is 26.5 Å². The molecule has 1 aliphatic rings. The van der Waals surface area contributed by atoms with Gasteiger partial charge in [0, 0.05) is 0 Å². The molecule has 1 aliphatic carbocycles. The van der Waals surface area contributed by atoms with E-state index in [1.165, 1.54) is 25.7 Å². The van der Waals surface area contributed by atoms with Gasteiger partial charge in [-0.05, 0) is 24.8 Å². The van der Waals surface area contributed by atoms with Crippen molar-refractivity contribution >= 4 is 0 Å². The van der Waals surface area contributed by atoms with Crippen LogP contribution in [0.25, 0.3) is 0 Å². The summed E-state index contributed by atoms with van der Waals surface area (Å²) in [7, 11) is 3.22. The highest BCUT2D eigenvalue weighted by atomic mass is 16.5. The normalized spacial score (nSPS) is 18.8. The molecular formula is C15H25N3O2. The summed E-state index contributed by atoms with van der Waals surface area (Å²) in [6.45, 7) is 5.35. The van der Waals surface area contributed by atoms with Crippen LogP contribution in [0.4, 0.5) is 0 Å². The molecule has 0 spiro atoms. The van der Waals surface area contributed by atoms with E-state index in [1.807, 2.05) is 0 Å². The van der Waals surface area contributed by atoms with Gasteiger partial charge >= 0.3 is 0 Å². The minimum absolute atomic E-state index is 0.170. The van der Waals surface area contributed by atoms with E-state index < -0.39 is 0 Å². The zero-order valence-corrected chi connectivity index (χ0v) is 12.9. The molecule has 1 atom stereocenters. The maximum atomic E-state index is 5.43. The largest absolute Gasteiger partial charge is 0.480 e. The first kappa shape index (κ1) is 15.0. The Morgan fingerprint density at radius 3 is 2.55 bits per heavy atom. The Hall–Kier alpha value is -1.36. The maximum Gasteiger partial charge on any atom is 0.240 e. The summed E-state index contributed by atoms with van der Waals surface area (Å²) in [4.78, 5) is 8.92. The third kappa shape index (κ3) is 2.87. The summed E-state index contributed by atoms with van der Waals surface area (Å²) in [6, 6.07) is 0.170. The molecule has 20 heavy (non-hydrogen) atoms. The topological polar surface area (TPSA) is 56.3 Å². The zero-order chi connectivity index (χ0) is 14.6. The smallest absolute Gasteiger partial charge is 0.240 e. The molecule has 1 unspecified atom stereocenters. The fourth-order valence-electron chi connectivity index (χ4n) is 3.16. The Morgan fingerprint density at radius 1 is 1.30 bits per heavy atom. The molecule has 0 radical (unpaired) electrons. The second-order valence-electron chi connectivity index (χ2n) is 5.66. The number of hydrogen-bond donors (Lipinski definition) is 1. The van der Waals surface area contributed by atoms with Crippen molar-refractivity contribution in [2.75, 3.05) is 20.8 Å². The molecule has 112 valence electrons. The number of hydrogen-bond acceptors (Lipinski definition) is 5. The summed E-state index contributed by atoms with van der Waals surface area (Å²) in [5.74, 6) is 1.04. The van der Waals surface area contributed by atoms with E-state index in [-0.39, 0.29) is 11.5 Å². The highest BCUT2D eigenvalue weighted by Gasteiger charge is 2.40. The van der Waals surface area contributed by atoms with Crippen LogP contribution < -0.4 is 14.8 Å². The van der Waals surface area contributed by atoms with Gasteiger partial charge in [-0.2, -0.15) is 4.98 Å². The lowest BCUT2D eigenvalue weighted by Gasteiger charge is -2.34. The SMILES string of the molecule is CCNC(c1ncc(OC)nc1OC)C1(C)CCCC1. The standard InChI is InChI=1S/C15H25N3O2/c1-5-16-13(15(2)8-6-7-9-15)12-14(20-4)18-11(19-3)10-17-12/h10,13,16H,5-9H2,1-4H3. The predicted octanol–water partition coefficient (Wildman–Crippen LogP) is 2.72. The molecular weight excluding hydrogens is 254 g/mol. The van der Waals surface area contributed by atoms with Crippen molar-refractivity contribution in [3.63, 3.8) is 0 Å². The van der Waals surface area contributed by atoms with Gasteiger partial charge in [-0.3, -0.25) is 0 Å². The molecule has 1 aromatic heterocycles. The van der Waals surface area contributed by atoms with Crippen LogP contribution in [-0.2, 0) is 0 Å². The van der Waals surface area contributed by atoms with Gasteiger partial charge in [0.2, 0.25) is 11.8 Å². The minimum Gasteiger partial charge on any atom is -0.480 e. The van der Waals surface area contributed by atoms with E-state index >= 15 is 0 Å². The number of nitrogens with zero attached hydrogens (tertiary/aromatic N) is 2. The van der Waals surface area contributed by atoms with Gasteiger partial charge in [-0.15, -0.1) is 0 Å². The van der Waals surface area contributed by atoms with Crippen molar-refractivity contribution in [3.8, 4) is 11.8 Å². The maximum absolute atomic E-state index is 5.43. The zero-order valence-electron chi connectivity index (χ0n) is 12.9. The lowest BCUT2D eigenvalue weighted by atomic mass is 9.79. The molecule has 1 N–H and O–H groups in total. The number of methoxy groups -OCH3 is 2. The first-order valence-electron chi connectivity index (χ1n) is 7.33. The second kappa shape index (κ2) is 6.39. The molecule has 5 nitrogen and oxygen atoms in total. The highest BCUT2D eigenvalue weighted by Crippen LogP contribution is 2.48. The van der Waals surface area contributed by atoms with Gasteiger partial charge in [-0.1, -0.05) is 26.7 Å². The Bertz CT molecular complexity index is 445. The van der Waals surface area contributed by atoms with E-state index in [9.17, 15) is 0 Å². The fraction of sp³-hybridized carbons (Fsp3) is 0.733. The Kier molecular flexibility index (Phi) is 4.81. The molecule has 0 saturated heterocycles. The van der Waals surface area contributed by atoms with E-state index in [2.05, 4.69) is 29.1 Å². The summed E-state index contributed by atoms with van der Waals surface area (Å²) >= 11 is 0. The summed E-state index contributed by atoms with van der Waals surface area (Å²) in [5, 5.41) is 3.57. The molecule has 0 bridgehead atoms. The Balaban J connectivity index is 2.38.